The lowest BCUT2D eigenvalue weighted by Gasteiger charge is -2.13. The average Bonchev–Trinajstić information content (AvgIpc) is 3.16. The van der Waals surface area contributed by atoms with Gasteiger partial charge < -0.3 is 9.84 Å². The van der Waals surface area contributed by atoms with Crippen LogP contribution in [0.25, 0.3) is 11.3 Å². The molecular weight excluding hydrogens is 354 g/mol. The lowest BCUT2D eigenvalue weighted by molar-refractivity contribution is -0.116. The monoisotopic (exact) mass is 377 g/mol. The fraction of sp³-hybridized carbons (Fsp3) is 0.227. The van der Waals surface area contributed by atoms with Gasteiger partial charge in [0.2, 0.25) is 11.8 Å². The molecule has 1 unspecified atom stereocenters. The molecule has 0 bridgehead atoms. The number of aryl methyl sites for hydroxylation is 1. The molecule has 0 aliphatic rings. The molecule has 2 amide bonds. The van der Waals surface area contributed by atoms with Crippen molar-refractivity contribution in [2.24, 2.45) is 0 Å². The van der Waals surface area contributed by atoms with Crippen molar-refractivity contribution in [2.45, 2.75) is 32.7 Å². The van der Waals surface area contributed by atoms with E-state index in [1.54, 1.807) is 37.3 Å². The largest absolute Gasteiger partial charge is 0.349 e. The molecule has 1 heterocycles. The quantitative estimate of drug-likeness (QED) is 0.650. The molecule has 6 heteroatoms. The molecule has 0 fully saturated rings. The van der Waals surface area contributed by atoms with Crippen LogP contribution in [0.4, 0.5) is 5.88 Å². The minimum absolute atomic E-state index is 0.125. The Hall–Kier alpha value is -3.41. The number of carbonyl (C=O) groups is 2. The molecule has 0 spiro atoms. The Kier molecular flexibility index (Phi) is 6.22. The van der Waals surface area contributed by atoms with Crippen LogP contribution in [0.5, 0.6) is 0 Å². The first-order valence-electron chi connectivity index (χ1n) is 9.27. The van der Waals surface area contributed by atoms with Crippen LogP contribution in [0.2, 0.25) is 0 Å². The van der Waals surface area contributed by atoms with Crippen LogP contribution in [0.1, 0.15) is 36.2 Å². The number of nitrogens with zero attached hydrogens (tertiary/aromatic N) is 1. The van der Waals surface area contributed by atoms with Gasteiger partial charge in [-0.1, -0.05) is 54.5 Å². The van der Waals surface area contributed by atoms with Gasteiger partial charge in [-0.15, -0.1) is 0 Å². The summed E-state index contributed by atoms with van der Waals surface area (Å²) in [5.74, 6) is -0.190. The van der Waals surface area contributed by atoms with Gasteiger partial charge in [0.25, 0.3) is 5.91 Å². The number of amides is 2. The van der Waals surface area contributed by atoms with Gasteiger partial charge in [-0.05, 0) is 31.0 Å². The van der Waals surface area contributed by atoms with E-state index in [-0.39, 0.29) is 30.2 Å². The van der Waals surface area contributed by atoms with E-state index in [4.69, 9.17) is 4.52 Å². The van der Waals surface area contributed by atoms with Gasteiger partial charge in [-0.3, -0.25) is 14.9 Å². The van der Waals surface area contributed by atoms with Crippen LogP contribution < -0.4 is 10.6 Å². The highest BCUT2D eigenvalue weighted by molar-refractivity contribution is 5.95. The molecule has 0 aliphatic heterocycles. The maximum absolute atomic E-state index is 12.2. The van der Waals surface area contributed by atoms with Crippen molar-refractivity contribution >= 4 is 17.7 Å². The molecule has 0 aliphatic carbocycles. The Labute approximate surface area is 163 Å². The fourth-order valence-electron chi connectivity index (χ4n) is 2.80. The second-order valence-corrected chi connectivity index (χ2v) is 6.62. The molecule has 1 atom stereocenters. The standard InChI is InChI=1S/C22H23N3O3/c1-3-16-9-11-17(12-10-16)19-14-21(28-25-19)24-20(26)13-15(2)23-22(27)18-7-5-4-6-8-18/h4-12,14-15H,3,13H2,1-2H3,(H,23,27)(H,24,26). The van der Waals surface area contributed by atoms with E-state index in [1.165, 1.54) is 5.56 Å². The van der Waals surface area contributed by atoms with Gasteiger partial charge in [-0.2, -0.15) is 0 Å². The van der Waals surface area contributed by atoms with E-state index in [0.29, 0.717) is 11.3 Å². The van der Waals surface area contributed by atoms with Crippen molar-refractivity contribution in [3.63, 3.8) is 0 Å². The number of anilines is 1. The minimum Gasteiger partial charge on any atom is -0.349 e. The highest BCUT2D eigenvalue weighted by Gasteiger charge is 2.15. The number of benzene rings is 2. The van der Waals surface area contributed by atoms with Gasteiger partial charge in [-0.25, -0.2) is 0 Å². The van der Waals surface area contributed by atoms with Crippen molar-refractivity contribution in [2.75, 3.05) is 5.32 Å². The van der Waals surface area contributed by atoms with E-state index < -0.39 is 0 Å². The average molecular weight is 377 g/mol. The van der Waals surface area contributed by atoms with Gasteiger partial charge in [0.05, 0.1) is 0 Å². The Morgan fingerprint density at radius 2 is 1.79 bits per heavy atom. The molecule has 0 radical (unpaired) electrons. The van der Waals surface area contributed by atoms with Crippen molar-refractivity contribution in [3.8, 4) is 11.3 Å². The summed E-state index contributed by atoms with van der Waals surface area (Å²) in [6, 6.07) is 18.3. The van der Waals surface area contributed by atoms with Crippen LogP contribution >= 0.6 is 0 Å². The van der Waals surface area contributed by atoms with Gasteiger partial charge in [0, 0.05) is 29.7 Å². The molecular formula is C22H23N3O3. The van der Waals surface area contributed by atoms with Crippen LogP contribution in [0.15, 0.2) is 65.2 Å². The Balaban J connectivity index is 1.53. The molecule has 0 saturated heterocycles. The first kappa shape index (κ1) is 19.4. The van der Waals surface area contributed by atoms with E-state index in [1.807, 2.05) is 30.3 Å². The van der Waals surface area contributed by atoms with Gasteiger partial charge >= 0.3 is 0 Å². The molecule has 3 aromatic rings. The fourth-order valence-corrected chi connectivity index (χ4v) is 2.80. The van der Waals surface area contributed by atoms with Crippen molar-refractivity contribution in [3.05, 3.63) is 71.8 Å². The normalized spacial score (nSPS) is 11.6. The highest BCUT2D eigenvalue weighted by Crippen LogP contribution is 2.22. The molecule has 1 aromatic heterocycles. The van der Waals surface area contributed by atoms with E-state index in [9.17, 15) is 9.59 Å². The van der Waals surface area contributed by atoms with Crippen LogP contribution in [-0.4, -0.2) is 23.0 Å². The molecule has 28 heavy (non-hydrogen) atoms. The molecule has 3 rings (SSSR count). The third kappa shape index (κ3) is 5.07. The summed E-state index contributed by atoms with van der Waals surface area (Å²) in [7, 11) is 0. The summed E-state index contributed by atoms with van der Waals surface area (Å²) in [5, 5.41) is 9.49. The molecule has 2 N–H and O–H groups in total. The molecule has 6 nitrogen and oxygen atoms in total. The minimum atomic E-state index is -0.323. The van der Waals surface area contributed by atoms with Crippen molar-refractivity contribution in [1.82, 2.24) is 10.5 Å². The van der Waals surface area contributed by atoms with Crippen LogP contribution in [0.3, 0.4) is 0 Å². The highest BCUT2D eigenvalue weighted by atomic mass is 16.5. The first-order chi connectivity index (χ1) is 13.5. The number of carbonyl (C=O) groups excluding carboxylic acids is 2. The topological polar surface area (TPSA) is 84.2 Å². The smallest absolute Gasteiger partial charge is 0.251 e. The summed E-state index contributed by atoms with van der Waals surface area (Å²) in [4.78, 5) is 24.3. The number of hydrogen-bond acceptors (Lipinski definition) is 4. The van der Waals surface area contributed by atoms with Gasteiger partial charge in [0.1, 0.15) is 5.69 Å². The number of rotatable bonds is 7. The molecule has 0 saturated carbocycles. The number of nitrogens with one attached hydrogen (secondary N) is 2. The number of hydrogen-bond donors (Lipinski definition) is 2. The zero-order chi connectivity index (χ0) is 19.9. The SMILES string of the molecule is CCc1ccc(-c2cc(NC(=O)CC(C)NC(=O)c3ccccc3)on2)cc1. The van der Waals surface area contributed by atoms with E-state index in [2.05, 4.69) is 22.7 Å². The maximum atomic E-state index is 12.2. The van der Waals surface area contributed by atoms with E-state index in [0.717, 1.165) is 12.0 Å². The zero-order valence-electron chi connectivity index (χ0n) is 15.9. The zero-order valence-corrected chi connectivity index (χ0v) is 15.9. The predicted molar refractivity (Wildman–Crippen MR) is 108 cm³/mol. The molecule has 144 valence electrons. The third-order valence-corrected chi connectivity index (χ3v) is 4.34. The summed E-state index contributed by atoms with van der Waals surface area (Å²) in [6.45, 7) is 3.88. The Morgan fingerprint density at radius 3 is 2.46 bits per heavy atom. The lowest BCUT2D eigenvalue weighted by atomic mass is 10.1. The van der Waals surface area contributed by atoms with Crippen molar-refractivity contribution < 1.29 is 14.1 Å². The van der Waals surface area contributed by atoms with Crippen LogP contribution in [0, 0.1) is 0 Å². The van der Waals surface area contributed by atoms with Crippen molar-refractivity contribution in [1.29, 1.82) is 0 Å². The Morgan fingerprint density at radius 1 is 1.07 bits per heavy atom. The summed E-state index contributed by atoms with van der Waals surface area (Å²) in [6.07, 6.45) is 1.10. The first-order valence-corrected chi connectivity index (χ1v) is 9.27. The second kappa shape index (κ2) is 8.99. The third-order valence-electron chi connectivity index (χ3n) is 4.34. The van der Waals surface area contributed by atoms with E-state index >= 15 is 0 Å². The predicted octanol–water partition coefficient (Wildman–Crippen LogP) is 4.05. The second-order valence-electron chi connectivity index (χ2n) is 6.62. The summed E-state index contributed by atoms with van der Waals surface area (Å²) >= 11 is 0. The van der Waals surface area contributed by atoms with Gasteiger partial charge in [0.15, 0.2) is 0 Å². The maximum Gasteiger partial charge on any atom is 0.251 e. The summed E-state index contributed by atoms with van der Waals surface area (Å²) in [5.41, 5.74) is 3.38. The number of aromatic nitrogens is 1. The summed E-state index contributed by atoms with van der Waals surface area (Å²) < 4.78 is 5.21. The molecule has 2 aromatic carbocycles. The Bertz CT molecular complexity index is 933. The van der Waals surface area contributed by atoms with Crippen LogP contribution in [-0.2, 0) is 11.2 Å². The lowest BCUT2D eigenvalue weighted by Crippen LogP contribution is -2.35.